The van der Waals surface area contributed by atoms with Crippen LogP contribution in [0.3, 0.4) is 0 Å². The fourth-order valence-corrected chi connectivity index (χ4v) is 5.63. The molecule has 110 valence electrons. The first kappa shape index (κ1) is 16.7. The van der Waals surface area contributed by atoms with Crippen molar-refractivity contribution >= 4 is 28.5 Å². The zero-order chi connectivity index (χ0) is 14.5. The molecule has 0 aliphatic heterocycles. The molecule has 0 amide bonds. The minimum absolute atomic E-state index is 0. The number of hydrogen-bond acceptors (Lipinski definition) is 1. The smallest absolute Gasteiger partial charge is 0.128 e. The van der Waals surface area contributed by atoms with Crippen molar-refractivity contribution in [2.24, 2.45) is 0 Å². The van der Waals surface area contributed by atoms with Crippen LogP contribution in [-0.2, 0) is 24.3 Å². The Morgan fingerprint density at radius 1 is 0.545 bits per heavy atom. The molecule has 0 spiro atoms. The van der Waals surface area contributed by atoms with Crippen LogP contribution in [-0.4, -0.2) is 5.66 Å². The molecule has 0 N–H and O–H groups in total. The number of benzene rings is 3. The maximum atomic E-state index is 12.2. The topological polar surface area (TPSA) is 17.1 Å². The molecule has 3 aromatic rings. The van der Waals surface area contributed by atoms with Gasteiger partial charge in [0.1, 0.15) is 5.66 Å². The molecule has 3 rings (SSSR count). The Hall–Kier alpha value is -1.71. The summed E-state index contributed by atoms with van der Waals surface area (Å²) < 4.78 is 0. The van der Waals surface area contributed by atoms with Crippen LogP contribution in [0.5, 0.6) is 0 Å². The minimum Gasteiger partial charge on any atom is -0.233 e. The van der Waals surface area contributed by atoms with E-state index in [-0.39, 0.29) is 19.5 Å². The SMILES string of the molecule is O=C=P(c1ccccc1)(c1ccccc1)c1ccccc1.[Ru]. The summed E-state index contributed by atoms with van der Waals surface area (Å²) in [6, 6.07) is 29.9. The van der Waals surface area contributed by atoms with Crippen LogP contribution in [0.25, 0.3) is 0 Å². The minimum atomic E-state index is -2.34. The Kier molecular flexibility index (Phi) is 5.70. The van der Waals surface area contributed by atoms with Gasteiger partial charge in [-0.2, -0.15) is 0 Å². The first-order valence-corrected chi connectivity index (χ1v) is 8.62. The Morgan fingerprint density at radius 2 is 0.818 bits per heavy atom. The van der Waals surface area contributed by atoms with E-state index in [1.807, 2.05) is 91.0 Å². The van der Waals surface area contributed by atoms with Crippen molar-refractivity contribution in [2.75, 3.05) is 0 Å². The van der Waals surface area contributed by atoms with Crippen LogP contribution in [0.2, 0.25) is 0 Å². The van der Waals surface area contributed by atoms with Gasteiger partial charge in [-0.1, -0.05) is 91.0 Å². The van der Waals surface area contributed by atoms with Crippen LogP contribution in [0.4, 0.5) is 0 Å². The Morgan fingerprint density at radius 3 is 1.05 bits per heavy atom. The van der Waals surface area contributed by atoms with Crippen molar-refractivity contribution in [3.63, 3.8) is 0 Å². The van der Waals surface area contributed by atoms with Crippen molar-refractivity contribution in [2.45, 2.75) is 0 Å². The second kappa shape index (κ2) is 7.52. The van der Waals surface area contributed by atoms with Gasteiger partial charge >= 0.3 is 0 Å². The van der Waals surface area contributed by atoms with Crippen LogP contribution in [0.15, 0.2) is 91.0 Å². The number of carbonyl (C=O) groups excluding carboxylic acids is 1. The number of hydrogen-bond donors (Lipinski definition) is 0. The van der Waals surface area contributed by atoms with E-state index in [4.69, 9.17) is 0 Å². The van der Waals surface area contributed by atoms with E-state index in [1.54, 1.807) is 0 Å². The Balaban J connectivity index is 0.00000176. The molecule has 0 aliphatic rings. The normalized spacial score (nSPS) is 10.4. The Bertz CT molecular complexity index is 691. The molecule has 0 aliphatic carbocycles. The fraction of sp³-hybridized carbons (Fsp3) is 0. The molecule has 0 saturated heterocycles. The molecule has 0 aromatic heterocycles. The van der Waals surface area contributed by atoms with Crippen molar-refractivity contribution in [1.82, 2.24) is 0 Å². The molecule has 1 nitrogen and oxygen atoms in total. The van der Waals surface area contributed by atoms with Crippen molar-refractivity contribution in [3.8, 4) is 0 Å². The Labute approximate surface area is 143 Å². The summed E-state index contributed by atoms with van der Waals surface area (Å²) in [4.78, 5) is 12.2. The van der Waals surface area contributed by atoms with E-state index in [0.29, 0.717) is 0 Å². The first-order valence-electron chi connectivity index (χ1n) is 6.83. The van der Waals surface area contributed by atoms with Gasteiger partial charge < -0.3 is 0 Å². The monoisotopic (exact) mass is 392 g/mol. The third-order valence-corrected chi connectivity index (χ3v) is 7.06. The van der Waals surface area contributed by atoms with Gasteiger partial charge in [0.05, 0.1) is 6.89 Å². The largest absolute Gasteiger partial charge is 0.233 e. The van der Waals surface area contributed by atoms with Gasteiger partial charge in [-0.3, -0.25) is 0 Å². The average Bonchev–Trinajstić information content (AvgIpc) is 2.59. The van der Waals surface area contributed by atoms with Gasteiger partial charge in [-0.05, 0) is 15.9 Å². The summed E-state index contributed by atoms with van der Waals surface area (Å²) >= 11 is 0. The van der Waals surface area contributed by atoms with Crippen LogP contribution < -0.4 is 15.9 Å². The summed E-state index contributed by atoms with van der Waals surface area (Å²) in [5.41, 5.74) is 2.43. The summed E-state index contributed by atoms with van der Waals surface area (Å²) in [5.74, 6) is 0. The van der Waals surface area contributed by atoms with Crippen LogP contribution in [0.1, 0.15) is 0 Å². The summed E-state index contributed by atoms with van der Waals surface area (Å²) in [6.45, 7) is -2.34. The van der Waals surface area contributed by atoms with Gasteiger partial charge in [0.2, 0.25) is 0 Å². The molecule has 0 fully saturated rings. The third-order valence-electron chi connectivity index (χ3n) is 3.57. The molecule has 3 aromatic carbocycles. The second-order valence-corrected chi connectivity index (χ2v) is 7.84. The molecule has 0 saturated carbocycles. The van der Waals surface area contributed by atoms with Gasteiger partial charge in [0.25, 0.3) is 0 Å². The van der Waals surface area contributed by atoms with Crippen molar-refractivity contribution < 1.29 is 24.3 Å². The predicted octanol–water partition coefficient (Wildman–Crippen LogP) is 3.05. The van der Waals surface area contributed by atoms with E-state index in [1.165, 1.54) is 0 Å². The summed E-state index contributed by atoms with van der Waals surface area (Å²) in [5, 5.41) is 3.12. The first-order chi connectivity index (χ1) is 10.4. The van der Waals surface area contributed by atoms with E-state index in [2.05, 4.69) is 5.66 Å². The molecular weight excluding hydrogens is 376 g/mol. The van der Waals surface area contributed by atoms with Gasteiger partial charge in [0, 0.05) is 19.5 Å². The van der Waals surface area contributed by atoms with Crippen LogP contribution >= 0.6 is 6.89 Å². The quantitative estimate of drug-likeness (QED) is 0.496. The van der Waals surface area contributed by atoms with E-state index in [0.717, 1.165) is 15.9 Å². The van der Waals surface area contributed by atoms with Gasteiger partial charge in [0.15, 0.2) is 0 Å². The maximum Gasteiger partial charge on any atom is 0.128 e. The molecule has 0 bridgehead atoms. The predicted molar refractivity (Wildman–Crippen MR) is 90.8 cm³/mol. The van der Waals surface area contributed by atoms with E-state index >= 15 is 0 Å². The molecule has 0 unspecified atom stereocenters. The van der Waals surface area contributed by atoms with Gasteiger partial charge in [-0.15, -0.1) is 0 Å². The van der Waals surface area contributed by atoms with Crippen molar-refractivity contribution in [3.05, 3.63) is 91.0 Å². The molecular formula is C19H15OPRu. The molecule has 22 heavy (non-hydrogen) atoms. The van der Waals surface area contributed by atoms with E-state index in [9.17, 15) is 4.79 Å². The summed E-state index contributed by atoms with van der Waals surface area (Å²) in [7, 11) is 0. The molecule has 0 atom stereocenters. The number of rotatable bonds is 3. The second-order valence-electron chi connectivity index (χ2n) is 4.77. The van der Waals surface area contributed by atoms with Gasteiger partial charge in [-0.25, -0.2) is 4.79 Å². The molecule has 3 heteroatoms. The van der Waals surface area contributed by atoms with Crippen molar-refractivity contribution in [1.29, 1.82) is 0 Å². The zero-order valence-corrected chi connectivity index (χ0v) is 14.5. The van der Waals surface area contributed by atoms with E-state index < -0.39 is 6.89 Å². The standard InChI is InChI=1S/C19H15OP.Ru/c20-16-21(17-10-4-1-5-11-17,18-12-6-2-7-13-18)19-14-8-3-9-15-19;/h1-15H;. The van der Waals surface area contributed by atoms with Crippen LogP contribution in [0, 0.1) is 0 Å². The molecule has 0 heterocycles. The average molecular weight is 391 g/mol. The zero-order valence-electron chi connectivity index (χ0n) is 11.9. The fourth-order valence-electron chi connectivity index (χ4n) is 2.56. The third kappa shape index (κ3) is 2.92. The maximum absolute atomic E-state index is 12.2. The summed E-state index contributed by atoms with van der Waals surface area (Å²) in [6.07, 6.45) is 0. The molecule has 0 radical (unpaired) electrons.